The van der Waals surface area contributed by atoms with Crippen LogP contribution in [0, 0.1) is 17.0 Å². The second-order valence-corrected chi connectivity index (χ2v) is 5.26. The zero-order valence-electron chi connectivity index (χ0n) is 9.89. The molecule has 0 atom stereocenters. The summed E-state index contributed by atoms with van der Waals surface area (Å²) in [6.45, 7) is 3.01. The summed E-state index contributed by atoms with van der Waals surface area (Å²) >= 11 is 3.02. The van der Waals surface area contributed by atoms with E-state index in [9.17, 15) is 13.6 Å². The molecule has 0 heterocycles. The predicted molar refractivity (Wildman–Crippen MR) is 65.7 cm³/mol. The Morgan fingerprint density at radius 2 is 2.11 bits per heavy atom. The first-order valence-electron chi connectivity index (χ1n) is 5.06. The quantitative estimate of drug-likeness (QED) is 0.386. The highest BCUT2D eigenvalue weighted by Crippen LogP contribution is 2.27. The van der Waals surface area contributed by atoms with Crippen molar-refractivity contribution in [2.75, 3.05) is 6.61 Å². The molecule has 100 valence electrons. The van der Waals surface area contributed by atoms with Crippen LogP contribution in [-0.4, -0.2) is 12.5 Å². The SMILES string of the molecule is CC(C)(COc1cc(Br)cc(F)c1F)C(=O)NN. The van der Waals surface area contributed by atoms with Gasteiger partial charge >= 0.3 is 0 Å². The molecule has 0 bridgehead atoms. The number of carbonyl (C=O) groups excluding carboxylic acids is 1. The Bertz CT molecular complexity index is 467. The van der Waals surface area contributed by atoms with Crippen LogP contribution >= 0.6 is 15.9 Å². The maximum atomic E-state index is 13.4. The van der Waals surface area contributed by atoms with Crippen LogP contribution in [0.15, 0.2) is 16.6 Å². The van der Waals surface area contributed by atoms with Gasteiger partial charge in [-0.2, -0.15) is 4.39 Å². The van der Waals surface area contributed by atoms with Crippen molar-refractivity contribution in [3.8, 4) is 5.75 Å². The summed E-state index contributed by atoms with van der Waals surface area (Å²) in [5, 5.41) is 0. The zero-order chi connectivity index (χ0) is 13.9. The topological polar surface area (TPSA) is 64.3 Å². The van der Waals surface area contributed by atoms with E-state index in [1.807, 2.05) is 5.43 Å². The first-order valence-corrected chi connectivity index (χ1v) is 5.85. The largest absolute Gasteiger partial charge is 0.489 e. The minimum atomic E-state index is -1.10. The summed E-state index contributed by atoms with van der Waals surface area (Å²) in [5.74, 6) is 2.16. The monoisotopic (exact) mass is 322 g/mol. The normalized spacial score (nSPS) is 11.2. The summed E-state index contributed by atoms with van der Waals surface area (Å²) in [5.41, 5.74) is 1.02. The van der Waals surface area contributed by atoms with E-state index in [0.717, 1.165) is 6.07 Å². The molecule has 0 radical (unpaired) electrons. The molecule has 0 saturated heterocycles. The van der Waals surface area contributed by atoms with Gasteiger partial charge in [0.25, 0.3) is 0 Å². The van der Waals surface area contributed by atoms with Crippen LogP contribution in [0.2, 0.25) is 0 Å². The molecule has 1 aromatic carbocycles. The fourth-order valence-corrected chi connectivity index (χ4v) is 1.57. The van der Waals surface area contributed by atoms with E-state index in [-0.39, 0.29) is 12.4 Å². The Hall–Kier alpha value is -1.21. The number of ether oxygens (including phenoxy) is 1. The van der Waals surface area contributed by atoms with Crippen LogP contribution in [-0.2, 0) is 4.79 Å². The number of hydrogen-bond donors (Lipinski definition) is 2. The lowest BCUT2D eigenvalue weighted by atomic mass is 9.94. The van der Waals surface area contributed by atoms with E-state index in [2.05, 4.69) is 15.9 Å². The third-order valence-corrected chi connectivity index (χ3v) is 2.75. The average Bonchev–Trinajstić information content (AvgIpc) is 2.30. The molecule has 0 aliphatic rings. The number of nitrogens with one attached hydrogen (secondary N) is 1. The van der Waals surface area contributed by atoms with Crippen molar-refractivity contribution >= 4 is 21.8 Å². The van der Waals surface area contributed by atoms with E-state index in [4.69, 9.17) is 10.6 Å². The molecule has 0 unspecified atom stereocenters. The van der Waals surface area contributed by atoms with E-state index < -0.39 is 23.0 Å². The molecule has 1 aromatic rings. The van der Waals surface area contributed by atoms with Crippen LogP contribution in [0.3, 0.4) is 0 Å². The molecule has 1 amide bonds. The number of benzene rings is 1. The summed E-state index contributed by atoms with van der Waals surface area (Å²) in [6, 6.07) is 2.27. The Morgan fingerprint density at radius 1 is 1.50 bits per heavy atom. The van der Waals surface area contributed by atoms with Gasteiger partial charge in [-0.25, -0.2) is 10.2 Å². The van der Waals surface area contributed by atoms with Gasteiger partial charge in [-0.15, -0.1) is 0 Å². The predicted octanol–water partition coefficient (Wildman–Crippen LogP) is 2.12. The highest BCUT2D eigenvalue weighted by molar-refractivity contribution is 9.10. The minimum absolute atomic E-state index is 0.136. The number of halogens is 3. The Kier molecular flexibility index (Phi) is 4.64. The molecule has 1 rings (SSSR count). The first-order chi connectivity index (χ1) is 8.27. The zero-order valence-corrected chi connectivity index (χ0v) is 11.5. The molecular weight excluding hydrogens is 310 g/mol. The highest BCUT2D eigenvalue weighted by atomic mass is 79.9. The molecule has 7 heteroatoms. The Balaban J connectivity index is 2.84. The Morgan fingerprint density at radius 3 is 2.67 bits per heavy atom. The molecule has 0 fully saturated rings. The van der Waals surface area contributed by atoms with Crippen LogP contribution in [0.1, 0.15) is 13.8 Å². The third kappa shape index (κ3) is 3.39. The maximum absolute atomic E-state index is 13.4. The molecule has 0 saturated carbocycles. The molecule has 3 N–H and O–H groups in total. The van der Waals surface area contributed by atoms with E-state index in [1.165, 1.54) is 6.07 Å². The van der Waals surface area contributed by atoms with Crippen LogP contribution in [0.4, 0.5) is 8.78 Å². The second kappa shape index (κ2) is 5.62. The van der Waals surface area contributed by atoms with Crippen molar-refractivity contribution in [2.24, 2.45) is 11.3 Å². The molecule has 0 aliphatic heterocycles. The van der Waals surface area contributed by atoms with Crippen molar-refractivity contribution in [1.29, 1.82) is 0 Å². The van der Waals surface area contributed by atoms with Gasteiger partial charge < -0.3 is 4.74 Å². The van der Waals surface area contributed by atoms with Crippen LogP contribution in [0.25, 0.3) is 0 Å². The average molecular weight is 323 g/mol. The minimum Gasteiger partial charge on any atom is -0.489 e. The van der Waals surface area contributed by atoms with Gasteiger partial charge in [-0.1, -0.05) is 15.9 Å². The molecule has 0 spiro atoms. The molecule has 0 aromatic heterocycles. The second-order valence-electron chi connectivity index (χ2n) is 4.35. The van der Waals surface area contributed by atoms with Crippen molar-refractivity contribution in [2.45, 2.75) is 13.8 Å². The van der Waals surface area contributed by atoms with Gasteiger partial charge in [-0.3, -0.25) is 10.2 Å². The van der Waals surface area contributed by atoms with Gasteiger partial charge in [0.2, 0.25) is 11.7 Å². The van der Waals surface area contributed by atoms with E-state index >= 15 is 0 Å². The summed E-state index contributed by atoms with van der Waals surface area (Å²) in [4.78, 5) is 11.4. The fourth-order valence-electron chi connectivity index (χ4n) is 1.16. The molecule has 4 nitrogen and oxygen atoms in total. The summed E-state index contributed by atoms with van der Waals surface area (Å²) < 4.78 is 32.0. The van der Waals surface area contributed by atoms with Gasteiger partial charge in [0.15, 0.2) is 11.6 Å². The summed E-state index contributed by atoms with van der Waals surface area (Å²) in [6.07, 6.45) is 0. The number of nitrogens with two attached hydrogens (primary N) is 1. The lowest BCUT2D eigenvalue weighted by molar-refractivity contribution is -0.130. The van der Waals surface area contributed by atoms with Crippen molar-refractivity contribution < 1.29 is 18.3 Å². The van der Waals surface area contributed by atoms with Crippen LogP contribution < -0.4 is 16.0 Å². The highest BCUT2D eigenvalue weighted by Gasteiger charge is 2.28. The van der Waals surface area contributed by atoms with Crippen molar-refractivity contribution in [3.63, 3.8) is 0 Å². The smallest absolute Gasteiger partial charge is 0.242 e. The number of rotatable bonds is 4. The molecular formula is C11H13BrF2N2O2. The van der Waals surface area contributed by atoms with E-state index in [1.54, 1.807) is 13.8 Å². The summed E-state index contributed by atoms with van der Waals surface area (Å²) in [7, 11) is 0. The number of hydrogen-bond acceptors (Lipinski definition) is 3. The van der Waals surface area contributed by atoms with Gasteiger partial charge in [0.1, 0.15) is 6.61 Å². The Labute approximate surface area is 112 Å². The third-order valence-electron chi connectivity index (χ3n) is 2.29. The molecule has 0 aliphatic carbocycles. The van der Waals surface area contributed by atoms with Crippen molar-refractivity contribution in [3.05, 3.63) is 28.2 Å². The van der Waals surface area contributed by atoms with Gasteiger partial charge in [-0.05, 0) is 26.0 Å². The van der Waals surface area contributed by atoms with Crippen LogP contribution in [0.5, 0.6) is 5.75 Å². The standard InChI is InChI=1S/C11H13BrF2N2O2/c1-11(2,10(17)16-15)5-18-8-4-6(12)3-7(13)9(8)14/h3-4H,5,15H2,1-2H3,(H,16,17). The number of carbonyl (C=O) groups is 1. The van der Waals surface area contributed by atoms with Gasteiger partial charge in [0.05, 0.1) is 5.41 Å². The van der Waals surface area contributed by atoms with E-state index in [0.29, 0.717) is 4.47 Å². The fraction of sp³-hybridized carbons (Fsp3) is 0.364. The lowest BCUT2D eigenvalue weighted by Gasteiger charge is -2.22. The molecule has 18 heavy (non-hydrogen) atoms. The maximum Gasteiger partial charge on any atom is 0.242 e. The lowest BCUT2D eigenvalue weighted by Crippen LogP contribution is -2.44. The van der Waals surface area contributed by atoms with Crippen molar-refractivity contribution in [1.82, 2.24) is 5.43 Å². The number of amides is 1. The number of hydrazine groups is 1. The van der Waals surface area contributed by atoms with Gasteiger partial charge in [0, 0.05) is 4.47 Å². The first kappa shape index (κ1) is 14.8.